The lowest BCUT2D eigenvalue weighted by Gasteiger charge is -2.37. The van der Waals surface area contributed by atoms with Gasteiger partial charge in [-0.1, -0.05) is 12.2 Å². The summed E-state index contributed by atoms with van der Waals surface area (Å²) in [6.07, 6.45) is 3.39. The second-order valence-corrected chi connectivity index (χ2v) is 3.88. The molecular weight excluding hydrogens is 220 g/mol. The number of hydrogen-bond acceptors (Lipinski definition) is 3. The zero-order valence-corrected chi connectivity index (χ0v) is 9.86. The third-order valence-corrected chi connectivity index (χ3v) is 2.86. The Bertz CT molecular complexity index is 377. The first-order chi connectivity index (χ1) is 8.03. The fourth-order valence-electron chi connectivity index (χ4n) is 1.96. The summed E-state index contributed by atoms with van der Waals surface area (Å²) in [6.45, 7) is 9.01. The third-order valence-electron chi connectivity index (χ3n) is 2.86. The Morgan fingerprint density at radius 1 is 1.24 bits per heavy atom. The number of nitrogens with zero attached hydrogens (tertiary/aromatic N) is 1. The standard InChI is InChI=1S/C12H16N2O3/c1-4-7-12(8-5-2)9(15)13-11(17)14(6-3)10(12)16/h4-5H,1-2,6-8H2,3H3,(H,13,15,17). The third kappa shape index (κ3) is 2.00. The molecule has 1 aliphatic rings. The van der Waals surface area contributed by atoms with Crippen molar-refractivity contribution in [3.05, 3.63) is 25.3 Å². The number of hydrogen-bond donors (Lipinski definition) is 1. The van der Waals surface area contributed by atoms with E-state index in [4.69, 9.17) is 0 Å². The average molecular weight is 236 g/mol. The summed E-state index contributed by atoms with van der Waals surface area (Å²) < 4.78 is 0. The summed E-state index contributed by atoms with van der Waals surface area (Å²) in [5, 5.41) is 2.20. The quantitative estimate of drug-likeness (QED) is 0.576. The highest BCUT2D eigenvalue weighted by Crippen LogP contribution is 2.33. The van der Waals surface area contributed by atoms with Crippen LogP contribution in [0.4, 0.5) is 4.79 Å². The molecule has 0 saturated carbocycles. The molecule has 4 amide bonds. The van der Waals surface area contributed by atoms with Crippen LogP contribution in [0.15, 0.2) is 25.3 Å². The summed E-state index contributed by atoms with van der Waals surface area (Å²) >= 11 is 0. The van der Waals surface area contributed by atoms with Crippen LogP contribution in [0.1, 0.15) is 19.8 Å². The number of rotatable bonds is 5. The average Bonchev–Trinajstić information content (AvgIpc) is 2.27. The Balaban J connectivity index is 3.20. The second-order valence-electron chi connectivity index (χ2n) is 3.88. The highest BCUT2D eigenvalue weighted by atomic mass is 16.2. The molecule has 1 aliphatic heterocycles. The van der Waals surface area contributed by atoms with Crippen LogP contribution < -0.4 is 5.32 Å². The van der Waals surface area contributed by atoms with Crippen LogP contribution in [-0.4, -0.2) is 29.3 Å². The molecule has 0 aliphatic carbocycles. The van der Waals surface area contributed by atoms with Gasteiger partial charge in [0.2, 0.25) is 11.8 Å². The number of imide groups is 2. The van der Waals surface area contributed by atoms with E-state index in [-0.39, 0.29) is 19.4 Å². The Labute approximate surface area is 100 Å². The van der Waals surface area contributed by atoms with Gasteiger partial charge in [0.15, 0.2) is 0 Å². The summed E-state index contributed by atoms with van der Waals surface area (Å²) in [4.78, 5) is 36.6. The highest BCUT2D eigenvalue weighted by molar-refractivity contribution is 6.19. The van der Waals surface area contributed by atoms with Gasteiger partial charge in [-0.3, -0.25) is 19.8 Å². The number of carbonyl (C=O) groups excluding carboxylic acids is 3. The van der Waals surface area contributed by atoms with Crippen LogP contribution >= 0.6 is 0 Å². The van der Waals surface area contributed by atoms with Gasteiger partial charge in [-0.15, -0.1) is 13.2 Å². The second kappa shape index (κ2) is 4.95. The largest absolute Gasteiger partial charge is 0.330 e. The van der Waals surface area contributed by atoms with Crippen LogP contribution in [0.3, 0.4) is 0 Å². The molecule has 0 unspecified atom stereocenters. The van der Waals surface area contributed by atoms with Crippen LogP contribution in [0.5, 0.6) is 0 Å². The Morgan fingerprint density at radius 2 is 1.76 bits per heavy atom. The van der Waals surface area contributed by atoms with Gasteiger partial charge >= 0.3 is 6.03 Å². The van der Waals surface area contributed by atoms with Gasteiger partial charge in [-0.25, -0.2) is 4.79 Å². The fourth-order valence-corrected chi connectivity index (χ4v) is 1.96. The lowest BCUT2D eigenvalue weighted by molar-refractivity contribution is -0.151. The number of nitrogens with one attached hydrogen (secondary N) is 1. The van der Waals surface area contributed by atoms with E-state index in [1.807, 2.05) is 0 Å². The Kier molecular flexibility index (Phi) is 3.83. The maximum atomic E-state index is 12.2. The molecule has 0 bridgehead atoms. The Morgan fingerprint density at radius 3 is 2.18 bits per heavy atom. The van der Waals surface area contributed by atoms with Crippen molar-refractivity contribution in [1.29, 1.82) is 0 Å². The smallest absolute Gasteiger partial charge is 0.277 e. The topological polar surface area (TPSA) is 66.5 Å². The van der Waals surface area contributed by atoms with E-state index in [9.17, 15) is 14.4 Å². The molecule has 0 atom stereocenters. The van der Waals surface area contributed by atoms with Crippen molar-refractivity contribution in [3.8, 4) is 0 Å². The number of carbonyl (C=O) groups is 3. The van der Waals surface area contributed by atoms with Crippen LogP contribution in [0.25, 0.3) is 0 Å². The van der Waals surface area contributed by atoms with E-state index in [0.717, 1.165) is 4.90 Å². The van der Waals surface area contributed by atoms with Gasteiger partial charge in [0.05, 0.1) is 0 Å². The van der Waals surface area contributed by atoms with Crippen molar-refractivity contribution in [2.24, 2.45) is 5.41 Å². The first kappa shape index (κ1) is 13.2. The summed E-state index contributed by atoms with van der Waals surface area (Å²) in [6, 6.07) is -0.661. The lowest BCUT2D eigenvalue weighted by Crippen LogP contribution is -2.63. The maximum absolute atomic E-state index is 12.2. The number of barbiturate groups is 1. The van der Waals surface area contributed by atoms with Crippen molar-refractivity contribution in [1.82, 2.24) is 10.2 Å². The van der Waals surface area contributed by atoms with Crippen molar-refractivity contribution < 1.29 is 14.4 Å². The zero-order chi connectivity index (χ0) is 13.1. The monoisotopic (exact) mass is 236 g/mol. The van der Waals surface area contributed by atoms with Gasteiger partial charge in [-0.05, 0) is 19.8 Å². The highest BCUT2D eigenvalue weighted by Gasteiger charge is 2.51. The normalized spacial score (nSPS) is 18.9. The van der Waals surface area contributed by atoms with E-state index in [1.54, 1.807) is 6.92 Å². The van der Waals surface area contributed by atoms with Gasteiger partial charge in [0.25, 0.3) is 0 Å². The number of urea groups is 1. The zero-order valence-electron chi connectivity index (χ0n) is 9.86. The maximum Gasteiger partial charge on any atom is 0.330 e. The van der Waals surface area contributed by atoms with E-state index >= 15 is 0 Å². The van der Waals surface area contributed by atoms with E-state index in [2.05, 4.69) is 18.5 Å². The molecule has 92 valence electrons. The minimum absolute atomic E-state index is 0.188. The molecule has 1 fully saturated rings. The van der Waals surface area contributed by atoms with Crippen LogP contribution in [0.2, 0.25) is 0 Å². The molecule has 1 rings (SSSR count). The molecule has 1 saturated heterocycles. The molecule has 0 radical (unpaired) electrons. The Hall–Kier alpha value is -1.91. The predicted octanol–water partition coefficient (Wildman–Crippen LogP) is 1.22. The predicted molar refractivity (Wildman–Crippen MR) is 63.0 cm³/mol. The van der Waals surface area contributed by atoms with Crippen molar-refractivity contribution in [2.45, 2.75) is 19.8 Å². The van der Waals surface area contributed by atoms with Gasteiger partial charge in [0, 0.05) is 6.54 Å². The molecule has 0 spiro atoms. The summed E-state index contributed by atoms with van der Waals surface area (Å²) in [5.74, 6) is -1.05. The SMILES string of the molecule is C=CCC1(CC=C)C(=O)NC(=O)N(CC)C1=O. The molecule has 0 aromatic carbocycles. The number of allylic oxidation sites excluding steroid dienone is 2. The van der Waals surface area contributed by atoms with Crippen LogP contribution in [-0.2, 0) is 9.59 Å². The molecule has 17 heavy (non-hydrogen) atoms. The van der Waals surface area contributed by atoms with E-state index in [0.29, 0.717) is 0 Å². The van der Waals surface area contributed by atoms with E-state index in [1.165, 1.54) is 12.2 Å². The molecule has 0 aromatic rings. The van der Waals surface area contributed by atoms with Gasteiger partial charge < -0.3 is 0 Å². The van der Waals surface area contributed by atoms with Gasteiger partial charge in [0.1, 0.15) is 5.41 Å². The molecule has 0 aromatic heterocycles. The first-order valence-corrected chi connectivity index (χ1v) is 5.42. The lowest BCUT2D eigenvalue weighted by atomic mass is 9.77. The molecule has 5 nitrogen and oxygen atoms in total. The molecule has 1 N–H and O–H groups in total. The van der Waals surface area contributed by atoms with Crippen molar-refractivity contribution >= 4 is 17.8 Å². The molecule has 5 heteroatoms. The first-order valence-electron chi connectivity index (χ1n) is 5.42. The molecule has 1 heterocycles. The van der Waals surface area contributed by atoms with E-state index < -0.39 is 23.3 Å². The fraction of sp³-hybridized carbons (Fsp3) is 0.417. The van der Waals surface area contributed by atoms with Gasteiger partial charge in [-0.2, -0.15) is 0 Å². The summed E-state index contributed by atoms with van der Waals surface area (Å²) in [7, 11) is 0. The van der Waals surface area contributed by atoms with Crippen LogP contribution in [0, 0.1) is 5.41 Å². The van der Waals surface area contributed by atoms with Crippen molar-refractivity contribution in [3.63, 3.8) is 0 Å². The summed E-state index contributed by atoms with van der Waals surface area (Å²) in [5.41, 5.74) is -1.27. The minimum Gasteiger partial charge on any atom is -0.277 e. The van der Waals surface area contributed by atoms with Crippen molar-refractivity contribution in [2.75, 3.05) is 6.54 Å². The minimum atomic E-state index is -1.27. The molecular formula is C12H16N2O3. The number of amides is 4.